The van der Waals surface area contributed by atoms with Crippen LogP contribution in [0.5, 0.6) is 0 Å². The molecule has 1 aromatic carbocycles. The van der Waals surface area contributed by atoms with Crippen molar-refractivity contribution in [2.24, 2.45) is 0 Å². The van der Waals surface area contributed by atoms with Crippen LogP contribution in [-0.4, -0.2) is 39.3 Å². The number of nitrogens with two attached hydrogens (primary N) is 1. The normalized spacial score (nSPS) is 11.6. The van der Waals surface area contributed by atoms with E-state index in [-0.39, 0.29) is 17.3 Å². The minimum atomic E-state index is -3.74. The number of aryl methyl sites for hydroxylation is 1. The van der Waals surface area contributed by atoms with Crippen molar-refractivity contribution in [3.63, 3.8) is 0 Å². The van der Waals surface area contributed by atoms with E-state index in [0.29, 0.717) is 16.8 Å². The fourth-order valence-corrected chi connectivity index (χ4v) is 3.34. The lowest BCUT2D eigenvalue weighted by molar-refractivity contribution is -0.120. The Hall–Kier alpha value is -1.60. The summed E-state index contributed by atoms with van der Waals surface area (Å²) in [5, 5.41) is 2.39. The first kappa shape index (κ1) is 15.5. The van der Waals surface area contributed by atoms with Crippen LogP contribution in [0.2, 0.25) is 0 Å². The van der Waals surface area contributed by atoms with Gasteiger partial charge < -0.3 is 11.1 Å². The molecule has 0 bridgehead atoms. The molecule has 7 heteroatoms. The minimum Gasteiger partial charge on any atom is -0.398 e. The maximum absolute atomic E-state index is 12.5. The van der Waals surface area contributed by atoms with Crippen LogP contribution in [0, 0.1) is 13.8 Å². The first-order chi connectivity index (χ1) is 8.71. The van der Waals surface area contributed by atoms with E-state index in [9.17, 15) is 13.2 Å². The number of carbonyl (C=O) groups excluding carboxylic acids is 1. The van der Waals surface area contributed by atoms with Crippen LogP contribution in [-0.2, 0) is 14.8 Å². The van der Waals surface area contributed by atoms with Gasteiger partial charge in [0.25, 0.3) is 0 Å². The van der Waals surface area contributed by atoms with Gasteiger partial charge >= 0.3 is 0 Å². The Balaban J connectivity index is 3.28. The highest BCUT2D eigenvalue weighted by Gasteiger charge is 2.26. The Bertz CT molecular complexity index is 596. The zero-order valence-electron chi connectivity index (χ0n) is 11.5. The van der Waals surface area contributed by atoms with Crippen LogP contribution in [0.4, 0.5) is 5.69 Å². The molecule has 0 aliphatic rings. The van der Waals surface area contributed by atoms with Crippen LogP contribution in [0.3, 0.4) is 0 Å². The first-order valence-electron chi connectivity index (χ1n) is 5.74. The fraction of sp³-hybridized carbons (Fsp3) is 0.417. The Morgan fingerprint density at radius 1 is 1.37 bits per heavy atom. The number of carbonyl (C=O) groups is 1. The zero-order chi connectivity index (χ0) is 14.8. The monoisotopic (exact) mass is 285 g/mol. The van der Waals surface area contributed by atoms with Gasteiger partial charge in [-0.1, -0.05) is 6.07 Å². The predicted molar refractivity (Wildman–Crippen MR) is 74.2 cm³/mol. The molecule has 0 aliphatic heterocycles. The summed E-state index contributed by atoms with van der Waals surface area (Å²) in [5.41, 5.74) is 7.28. The van der Waals surface area contributed by atoms with Crippen molar-refractivity contribution >= 4 is 21.6 Å². The van der Waals surface area contributed by atoms with Gasteiger partial charge in [0, 0.05) is 19.8 Å². The standard InChI is InChI=1S/C12H19N3O3S/c1-8-5-6-10(13)9(2)12(8)19(17,18)15(4)7-11(16)14-3/h5-6H,7,13H2,1-4H3,(H,14,16). The highest BCUT2D eigenvalue weighted by atomic mass is 32.2. The number of anilines is 1. The summed E-state index contributed by atoms with van der Waals surface area (Å²) in [5.74, 6) is -0.370. The van der Waals surface area contributed by atoms with E-state index in [4.69, 9.17) is 5.73 Å². The number of nitrogen functional groups attached to an aromatic ring is 1. The first-order valence-corrected chi connectivity index (χ1v) is 7.18. The Labute approximate surface area is 113 Å². The number of hydrogen-bond acceptors (Lipinski definition) is 4. The second kappa shape index (κ2) is 5.58. The van der Waals surface area contributed by atoms with Gasteiger partial charge in [0.1, 0.15) is 0 Å². The highest BCUT2D eigenvalue weighted by molar-refractivity contribution is 7.89. The van der Waals surface area contributed by atoms with E-state index in [2.05, 4.69) is 5.32 Å². The molecule has 0 fully saturated rings. The van der Waals surface area contributed by atoms with Crippen LogP contribution in [0.25, 0.3) is 0 Å². The number of nitrogens with zero attached hydrogens (tertiary/aromatic N) is 1. The summed E-state index contributed by atoms with van der Waals surface area (Å²) in [6, 6.07) is 3.32. The molecule has 0 saturated carbocycles. The van der Waals surface area contributed by atoms with Crippen molar-refractivity contribution in [2.75, 3.05) is 26.4 Å². The molecule has 0 aromatic heterocycles. The minimum absolute atomic E-state index is 0.166. The van der Waals surface area contributed by atoms with Crippen molar-refractivity contribution in [2.45, 2.75) is 18.7 Å². The van der Waals surface area contributed by atoms with Crippen molar-refractivity contribution in [3.8, 4) is 0 Å². The third-order valence-electron chi connectivity index (χ3n) is 2.96. The molecular weight excluding hydrogens is 266 g/mol. The second-order valence-corrected chi connectivity index (χ2v) is 6.34. The summed E-state index contributed by atoms with van der Waals surface area (Å²) < 4.78 is 26.0. The molecule has 0 saturated heterocycles. The van der Waals surface area contributed by atoms with Gasteiger partial charge in [0.15, 0.2) is 0 Å². The molecule has 106 valence electrons. The predicted octanol–water partition coefficient (Wildman–Crippen LogP) is 0.252. The van der Waals surface area contributed by atoms with Gasteiger partial charge in [-0.05, 0) is 31.0 Å². The number of amides is 1. The topological polar surface area (TPSA) is 92.5 Å². The molecule has 0 heterocycles. The van der Waals surface area contributed by atoms with E-state index in [1.165, 1.54) is 14.1 Å². The third kappa shape index (κ3) is 3.05. The number of likely N-dealkylation sites (N-methyl/N-ethyl adjacent to an activating group) is 2. The van der Waals surface area contributed by atoms with E-state index in [0.717, 1.165) is 4.31 Å². The van der Waals surface area contributed by atoms with Gasteiger partial charge in [0.2, 0.25) is 15.9 Å². The molecule has 1 rings (SSSR count). The Morgan fingerprint density at radius 3 is 2.47 bits per heavy atom. The smallest absolute Gasteiger partial charge is 0.243 e. The summed E-state index contributed by atoms with van der Waals surface area (Å²) >= 11 is 0. The average molecular weight is 285 g/mol. The molecule has 0 spiro atoms. The van der Waals surface area contributed by atoms with Crippen LogP contribution in [0.15, 0.2) is 17.0 Å². The van der Waals surface area contributed by atoms with Crippen molar-refractivity contribution in [3.05, 3.63) is 23.3 Å². The molecule has 3 N–H and O–H groups in total. The van der Waals surface area contributed by atoms with Gasteiger partial charge in [0.05, 0.1) is 11.4 Å². The number of hydrogen-bond donors (Lipinski definition) is 2. The number of rotatable bonds is 4. The highest BCUT2D eigenvalue weighted by Crippen LogP contribution is 2.26. The average Bonchev–Trinajstić information content (AvgIpc) is 2.33. The zero-order valence-corrected chi connectivity index (χ0v) is 12.3. The molecule has 6 nitrogen and oxygen atoms in total. The number of benzene rings is 1. The SMILES string of the molecule is CNC(=O)CN(C)S(=O)(=O)c1c(C)ccc(N)c1C. The van der Waals surface area contributed by atoms with Crippen LogP contribution in [0.1, 0.15) is 11.1 Å². The lowest BCUT2D eigenvalue weighted by atomic mass is 10.1. The molecule has 0 aliphatic carbocycles. The molecule has 1 amide bonds. The molecular formula is C12H19N3O3S. The second-order valence-electron chi connectivity index (χ2n) is 4.36. The van der Waals surface area contributed by atoms with Crippen LogP contribution < -0.4 is 11.1 Å². The largest absolute Gasteiger partial charge is 0.398 e. The number of sulfonamides is 1. The maximum Gasteiger partial charge on any atom is 0.243 e. The lowest BCUT2D eigenvalue weighted by Crippen LogP contribution is -2.37. The summed E-state index contributed by atoms with van der Waals surface area (Å²) in [6.07, 6.45) is 0. The van der Waals surface area contributed by atoms with Crippen molar-refractivity contribution in [1.29, 1.82) is 0 Å². The quantitative estimate of drug-likeness (QED) is 0.776. The summed E-state index contributed by atoms with van der Waals surface area (Å²) in [4.78, 5) is 11.5. The van der Waals surface area contributed by atoms with Crippen molar-refractivity contribution < 1.29 is 13.2 Å². The van der Waals surface area contributed by atoms with E-state index in [1.54, 1.807) is 26.0 Å². The molecule has 0 radical (unpaired) electrons. The molecule has 0 unspecified atom stereocenters. The van der Waals surface area contributed by atoms with Gasteiger partial charge in [-0.15, -0.1) is 0 Å². The van der Waals surface area contributed by atoms with Crippen LogP contribution >= 0.6 is 0 Å². The third-order valence-corrected chi connectivity index (χ3v) is 5.05. The Morgan fingerprint density at radius 2 is 1.95 bits per heavy atom. The fourth-order valence-electron chi connectivity index (χ4n) is 1.76. The molecule has 0 atom stereocenters. The van der Waals surface area contributed by atoms with E-state index >= 15 is 0 Å². The summed E-state index contributed by atoms with van der Waals surface area (Å²) in [7, 11) is -0.910. The van der Waals surface area contributed by atoms with E-state index in [1.807, 2.05) is 0 Å². The van der Waals surface area contributed by atoms with E-state index < -0.39 is 10.0 Å². The number of nitrogens with one attached hydrogen (secondary N) is 1. The molecule has 19 heavy (non-hydrogen) atoms. The Kier molecular flexibility index (Phi) is 4.54. The lowest BCUT2D eigenvalue weighted by Gasteiger charge is -2.20. The summed E-state index contributed by atoms with van der Waals surface area (Å²) in [6.45, 7) is 3.13. The molecule has 1 aromatic rings. The van der Waals surface area contributed by atoms with Gasteiger partial charge in [-0.2, -0.15) is 4.31 Å². The van der Waals surface area contributed by atoms with Crippen molar-refractivity contribution in [1.82, 2.24) is 9.62 Å². The van der Waals surface area contributed by atoms with Gasteiger partial charge in [-0.3, -0.25) is 4.79 Å². The van der Waals surface area contributed by atoms with Gasteiger partial charge in [-0.25, -0.2) is 8.42 Å². The maximum atomic E-state index is 12.5.